The van der Waals surface area contributed by atoms with Gasteiger partial charge in [0, 0.05) is 23.7 Å². The molecule has 0 radical (unpaired) electrons. The molecule has 2 aromatic carbocycles. The smallest absolute Gasteiger partial charge is 0.234 e. The van der Waals surface area contributed by atoms with Gasteiger partial charge in [0.05, 0.1) is 5.75 Å². The topological polar surface area (TPSA) is 59.8 Å². The molecule has 5 nitrogen and oxygen atoms in total. The lowest BCUT2D eigenvalue weighted by molar-refractivity contribution is -0.113. The molecule has 3 rings (SSSR count). The van der Waals surface area contributed by atoms with Gasteiger partial charge < -0.3 is 9.88 Å². The molecule has 28 heavy (non-hydrogen) atoms. The summed E-state index contributed by atoms with van der Waals surface area (Å²) < 4.78 is 1.98. The number of amides is 1. The zero-order valence-electron chi connectivity index (χ0n) is 15.6. The molecule has 0 spiro atoms. The molecule has 0 aliphatic heterocycles. The minimum absolute atomic E-state index is 0.0771. The van der Waals surface area contributed by atoms with E-state index in [0.717, 1.165) is 22.6 Å². The summed E-state index contributed by atoms with van der Waals surface area (Å²) in [6.07, 6.45) is 2.43. The largest absolute Gasteiger partial charge is 0.325 e. The normalized spacial score (nSPS) is 10.6. The Balaban J connectivity index is 1.67. The summed E-state index contributed by atoms with van der Waals surface area (Å²) in [5.41, 5.74) is 2.95. The minimum atomic E-state index is -0.0771. The summed E-state index contributed by atoms with van der Waals surface area (Å²) in [6.45, 7) is 6.36. The van der Waals surface area contributed by atoms with E-state index in [1.165, 1.54) is 11.8 Å². The third-order valence-electron chi connectivity index (χ3n) is 4.13. The Morgan fingerprint density at radius 2 is 1.96 bits per heavy atom. The molecule has 0 saturated carbocycles. The van der Waals surface area contributed by atoms with Crippen LogP contribution in [0, 0.1) is 6.92 Å². The number of nitrogens with one attached hydrogen (secondary N) is 1. The maximum atomic E-state index is 12.3. The summed E-state index contributed by atoms with van der Waals surface area (Å²) in [6, 6.07) is 15.4. The van der Waals surface area contributed by atoms with Crippen LogP contribution in [-0.4, -0.2) is 26.4 Å². The molecular formula is C21H21ClN4OS. The minimum Gasteiger partial charge on any atom is -0.325 e. The third kappa shape index (κ3) is 5.24. The van der Waals surface area contributed by atoms with Crippen molar-refractivity contribution in [3.05, 3.63) is 83.2 Å². The number of allylic oxidation sites excluding steroid dienone is 1. The van der Waals surface area contributed by atoms with E-state index in [0.29, 0.717) is 23.1 Å². The molecule has 0 aliphatic carbocycles. The first kappa shape index (κ1) is 20.2. The monoisotopic (exact) mass is 412 g/mol. The highest BCUT2D eigenvalue weighted by molar-refractivity contribution is 7.99. The van der Waals surface area contributed by atoms with Gasteiger partial charge in [-0.1, -0.05) is 59.8 Å². The van der Waals surface area contributed by atoms with Crippen LogP contribution >= 0.6 is 23.4 Å². The molecule has 144 valence electrons. The Kier molecular flexibility index (Phi) is 6.90. The lowest BCUT2D eigenvalue weighted by atomic mass is 10.1. The predicted octanol–water partition coefficient (Wildman–Crippen LogP) is 4.75. The zero-order valence-corrected chi connectivity index (χ0v) is 17.1. The summed E-state index contributed by atoms with van der Waals surface area (Å²) >= 11 is 7.31. The third-order valence-corrected chi connectivity index (χ3v) is 5.35. The first-order valence-corrected chi connectivity index (χ1v) is 10.2. The fraction of sp³-hybridized carbons (Fsp3) is 0.190. The number of carbonyl (C=O) groups excluding carboxylic acids is 1. The lowest BCUT2D eigenvalue weighted by Gasteiger charge is -2.09. The number of aromatic nitrogens is 3. The maximum Gasteiger partial charge on any atom is 0.234 e. The summed E-state index contributed by atoms with van der Waals surface area (Å²) in [7, 11) is 0. The number of thioether (sulfide) groups is 1. The standard InChI is InChI=1S/C21H21ClN4OS/c1-3-12-26-19(13-16-8-10-17(22)11-9-16)24-25-21(26)28-14-20(27)23-18-7-5-4-6-15(18)2/h3-11H,1,12-14H2,2H3,(H,23,27). The van der Waals surface area contributed by atoms with Crippen molar-refractivity contribution in [1.29, 1.82) is 0 Å². The number of hydrogen-bond donors (Lipinski definition) is 1. The second-order valence-electron chi connectivity index (χ2n) is 6.25. The van der Waals surface area contributed by atoms with Crippen LogP contribution in [0.5, 0.6) is 0 Å². The van der Waals surface area contributed by atoms with E-state index in [1.807, 2.05) is 60.0 Å². The number of hydrogen-bond acceptors (Lipinski definition) is 4. The summed E-state index contributed by atoms with van der Waals surface area (Å²) in [5, 5.41) is 12.9. The van der Waals surface area contributed by atoms with Crippen molar-refractivity contribution in [2.24, 2.45) is 0 Å². The van der Waals surface area contributed by atoms with E-state index >= 15 is 0 Å². The Bertz CT molecular complexity index is 969. The van der Waals surface area contributed by atoms with Gasteiger partial charge in [0.1, 0.15) is 5.82 Å². The van der Waals surface area contributed by atoms with Crippen LogP contribution in [0.25, 0.3) is 0 Å². The van der Waals surface area contributed by atoms with Gasteiger partial charge in [-0.3, -0.25) is 4.79 Å². The molecule has 0 saturated heterocycles. The molecule has 3 aromatic rings. The van der Waals surface area contributed by atoms with E-state index in [9.17, 15) is 4.79 Å². The van der Waals surface area contributed by atoms with Gasteiger partial charge in [0.2, 0.25) is 5.91 Å². The van der Waals surface area contributed by atoms with Crippen molar-refractivity contribution in [1.82, 2.24) is 14.8 Å². The van der Waals surface area contributed by atoms with Crippen LogP contribution in [0.2, 0.25) is 5.02 Å². The van der Waals surface area contributed by atoms with Crippen molar-refractivity contribution in [3.63, 3.8) is 0 Å². The number of para-hydroxylation sites is 1. The molecule has 1 N–H and O–H groups in total. The molecule has 0 aliphatic rings. The van der Waals surface area contributed by atoms with Gasteiger partial charge in [-0.15, -0.1) is 16.8 Å². The number of nitrogens with zero attached hydrogens (tertiary/aromatic N) is 3. The highest BCUT2D eigenvalue weighted by Gasteiger charge is 2.14. The molecule has 7 heteroatoms. The summed E-state index contributed by atoms with van der Waals surface area (Å²) in [5.74, 6) is 1.00. The fourth-order valence-electron chi connectivity index (χ4n) is 2.68. The molecule has 0 unspecified atom stereocenters. The van der Waals surface area contributed by atoms with E-state index in [2.05, 4.69) is 22.1 Å². The van der Waals surface area contributed by atoms with Gasteiger partial charge >= 0.3 is 0 Å². The Morgan fingerprint density at radius 1 is 1.21 bits per heavy atom. The van der Waals surface area contributed by atoms with E-state index in [1.54, 1.807) is 6.08 Å². The van der Waals surface area contributed by atoms with Crippen LogP contribution in [0.1, 0.15) is 17.0 Å². The first-order chi connectivity index (χ1) is 13.6. The van der Waals surface area contributed by atoms with Crippen LogP contribution in [-0.2, 0) is 17.8 Å². The fourth-order valence-corrected chi connectivity index (χ4v) is 3.58. The van der Waals surface area contributed by atoms with Crippen molar-refractivity contribution in [2.45, 2.75) is 25.0 Å². The van der Waals surface area contributed by atoms with Crippen LogP contribution < -0.4 is 5.32 Å². The second-order valence-corrected chi connectivity index (χ2v) is 7.63. The van der Waals surface area contributed by atoms with Crippen molar-refractivity contribution >= 4 is 35.0 Å². The van der Waals surface area contributed by atoms with Crippen molar-refractivity contribution < 1.29 is 4.79 Å². The number of halogens is 1. The second kappa shape index (κ2) is 9.57. The lowest BCUT2D eigenvalue weighted by Crippen LogP contribution is -2.15. The quantitative estimate of drug-likeness (QED) is 0.428. The number of rotatable bonds is 8. The highest BCUT2D eigenvalue weighted by atomic mass is 35.5. The van der Waals surface area contributed by atoms with Gasteiger partial charge in [-0.2, -0.15) is 0 Å². The number of carbonyl (C=O) groups is 1. The van der Waals surface area contributed by atoms with Crippen LogP contribution in [0.15, 0.2) is 66.3 Å². The first-order valence-electron chi connectivity index (χ1n) is 8.82. The van der Waals surface area contributed by atoms with Gasteiger partial charge in [0.15, 0.2) is 5.16 Å². The molecule has 0 bridgehead atoms. The predicted molar refractivity (Wildman–Crippen MR) is 115 cm³/mol. The zero-order chi connectivity index (χ0) is 19.9. The molecular weight excluding hydrogens is 392 g/mol. The number of benzene rings is 2. The van der Waals surface area contributed by atoms with Crippen LogP contribution in [0.3, 0.4) is 0 Å². The number of anilines is 1. The average molecular weight is 413 g/mol. The summed E-state index contributed by atoms with van der Waals surface area (Å²) in [4.78, 5) is 12.3. The average Bonchev–Trinajstić information content (AvgIpc) is 3.06. The van der Waals surface area contributed by atoms with E-state index < -0.39 is 0 Å². The molecule has 1 amide bonds. The Hall–Kier alpha value is -2.57. The molecule has 1 aromatic heterocycles. The van der Waals surface area contributed by atoms with E-state index in [-0.39, 0.29) is 11.7 Å². The SMILES string of the molecule is C=CCn1c(Cc2ccc(Cl)cc2)nnc1SCC(=O)Nc1ccccc1C. The molecule has 0 atom stereocenters. The molecule has 0 fully saturated rings. The molecule has 1 heterocycles. The maximum absolute atomic E-state index is 12.3. The Labute approximate surface area is 173 Å². The Morgan fingerprint density at radius 3 is 2.68 bits per heavy atom. The number of aryl methyl sites for hydroxylation is 1. The van der Waals surface area contributed by atoms with E-state index in [4.69, 9.17) is 11.6 Å². The van der Waals surface area contributed by atoms with Crippen molar-refractivity contribution in [3.8, 4) is 0 Å². The highest BCUT2D eigenvalue weighted by Crippen LogP contribution is 2.21. The van der Waals surface area contributed by atoms with Gasteiger partial charge in [-0.25, -0.2) is 0 Å². The van der Waals surface area contributed by atoms with Crippen LogP contribution in [0.4, 0.5) is 5.69 Å². The van der Waals surface area contributed by atoms with Gasteiger partial charge in [-0.05, 0) is 36.2 Å². The van der Waals surface area contributed by atoms with Gasteiger partial charge in [0.25, 0.3) is 0 Å². The van der Waals surface area contributed by atoms with Crippen molar-refractivity contribution in [2.75, 3.05) is 11.1 Å².